The zero-order valence-electron chi connectivity index (χ0n) is 7.75. The summed E-state index contributed by atoms with van der Waals surface area (Å²) in [5.41, 5.74) is 5.73. The highest BCUT2D eigenvalue weighted by atomic mass is 15.9. The van der Waals surface area contributed by atoms with E-state index in [1.54, 1.807) is 0 Å². The molecule has 0 aromatic heterocycles. The summed E-state index contributed by atoms with van der Waals surface area (Å²) in [5, 5.41) is 4.55. The van der Waals surface area contributed by atoms with Gasteiger partial charge in [-0.3, -0.25) is 0 Å². The van der Waals surface area contributed by atoms with Crippen molar-refractivity contribution in [3.63, 3.8) is 0 Å². The average Bonchev–Trinajstić information content (AvgIpc) is 2.57. The lowest BCUT2D eigenvalue weighted by Crippen LogP contribution is -2.28. The summed E-state index contributed by atoms with van der Waals surface area (Å²) < 4.78 is 0. The van der Waals surface area contributed by atoms with E-state index in [0.717, 1.165) is 0 Å². The van der Waals surface area contributed by atoms with Gasteiger partial charge >= 0.3 is 0 Å². The van der Waals surface area contributed by atoms with Gasteiger partial charge in [0.2, 0.25) is 0 Å². The molecule has 0 saturated carbocycles. The summed E-state index contributed by atoms with van der Waals surface area (Å²) in [6.45, 7) is 7.60. The van der Waals surface area contributed by atoms with E-state index in [4.69, 9.17) is 5.73 Å². The highest BCUT2D eigenvalue weighted by Crippen LogP contribution is 2.26. The van der Waals surface area contributed by atoms with Crippen LogP contribution in [0.3, 0.4) is 0 Å². The van der Waals surface area contributed by atoms with Crippen LogP contribution in [0.4, 0.5) is 0 Å². The molecule has 0 spiro atoms. The molecule has 0 aromatic carbocycles. The standard InChI is InChI=1S/C8H19N3/c1-4-5-6-10-8(3)11(10)7(2)9/h7-8H,4-6,9H2,1-3H3/t7?,8-,10?,11+/m0/s1. The molecule has 66 valence electrons. The van der Waals surface area contributed by atoms with Crippen LogP contribution in [0.1, 0.15) is 33.6 Å². The third kappa shape index (κ3) is 1.92. The number of hydrogen-bond donors (Lipinski definition) is 1. The first-order valence-corrected chi connectivity index (χ1v) is 4.49. The van der Waals surface area contributed by atoms with Gasteiger partial charge in [-0.2, -0.15) is 0 Å². The second-order valence-electron chi connectivity index (χ2n) is 3.27. The summed E-state index contributed by atoms with van der Waals surface area (Å²) in [6, 6.07) is 0. The van der Waals surface area contributed by atoms with Gasteiger partial charge in [-0.1, -0.05) is 13.3 Å². The second kappa shape index (κ2) is 3.52. The molecule has 0 aromatic rings. The van der Waals surface area contributed by atoms with Crippen molar-refractivity contribution in [2.75, 3.05) is 6.54 Å². The van der Waals surface area contributed by atoms with Gasteiger partial charge in [0.15, 0.2) is 0 Å². The molecular formula is C8H19N3. The van der Waals surface area contributed by atoms with Crippen LogP contribution in [0.5, 0.6) is 0 Å². The molecule has 0 bridgehead atoms. The molecule has 3 nitrogen and oxygen atoms in total. The lowest BCUT2D eigenvalue weighted by atomic mass is 10.3. The molecule has 1 fully saturated rings. The first-order chi connectivity index (χ1) is 5.18. The first-order valence-electron chi connectivity index (χ1n) is 4.49. The SMILES string of the molecule is CCCCN1[C@H](C)[N@@]1C(C)N. The van der Waals surface area contributed by atoms with Crippen molar-refractivity contribution in [3.05, 3.63) is 0 Å². The van der Waals surface area contributed by atoms with Crippen LogP contribution in [0.2, 0.25) is 0 Å². The summed E-state index contributed by atoms with van der Waals surface area (Å²) in [6.07, 6.45) is 3.28. The van der Waals surface area contributed by atoms with Crippen LogP contribution in [-0.4, -0.2) is 28.9 Å². The van der Waals surface area contributed by atoms with E-state index in [0.29, 0.717) is 6.17 Å². The fourth-order valence-corrected chi connectivity index (χ4v) is 1.53. The van der Waals surface area contributed by atoms with E-state index in [9.17, 15) is 0 Å². The maximum absolute atomic E-state index is 5.73. The smallest absolute Gasteiger partial charge is 0.0884 e. The molecule has 2 unspecified atom stereocenters. The Labute approximate surface area is 69.1 Å². The normalized spacial score (nSPS) is 38.7. The van der Waals surface area contributed by atoms with Crippen molar-refractivity contribution in [3.8, 4) is 0 Å². The van der Waals surface area contributed by atoms with Crippen LogP contribution in [0.25, 0.3) is 0 Å². The highest BCUT2D eigenvalue weighted by Gasteiger charge is 2.42. The van der Waals surface area contributed by atoms with Crippen molar-refractivity contribution in [2.45, 2.75) is 45.9 Å². The Kier molecular flexibility index (Phi) is 2.87. The number of unbranched alkanes of at least 4 members (excludes halogenated alkanes) is 1. The Bertz CT molecular complexity index is 125. The predicted octanol–water partition coefficient (Wildman–Crippen LogP) is 0.970. The molecule has 1 aliphatic rings. The van der Waals surface area contributed by atoms with Crippen molar-refractivity contribution < 1.29 is 0 Å². The molecule has 1 heterocycles. The highest BCUT2D eigenvalue weighted by molar-refractivity contribution is 4.81. The van der Waals surface area contributed by atoms with Crippen molar-refractivity contribution >= 4 is 0 Å². The second-order valence-corrected chi connectivity index (χ2v) is 3.27. The molecular weight excluding hydrogens is 138 g/mol. The monoisotopic (exact) mass is 157 g/mol. The van der Waals surface area contributed by atoms with E-state index in [-0.39, 0.29) is 6.17 Å². The van der Waals surface area contributed by atoms with Gasteiger partial charge in [-0.05, 0) is 20.3 Å². The lowest BCUT2D eigenvalue weighted by molar-refractivity contribution is 0.250. The van der Waals surface area contributed by atoms with Gasteiger partial charge in [-0.15, -0.1) is 0 Å². The Hall–Kier alpha value is -0.120. The van der Waals surface area contributed by atoms with Crippen molar-refractivity contribution in [1.29, 1.82) is 0 Å². The molecule has 11 heavy (non-hydrogen) atoms. The third-order valence-electron chi connectivity index (χ3n) is 2.21. The van der Waals surface area contributed by atoms with Crippen LogP contribution in [0.15, 0.2) is 0 Å². The molecule has 2 N–H and O–H groups in total. The summed E-state index contributed by atoms with van der Waals surface area (Å²) >= 11 is 0. The minimum atomic E-state index is 0.182. The van der Waals surface area contributed by atoms with E-state index >= 15 is 0 Å². The number of hydrazine groups is 1. The van der Waals surface area contributed by atoms with Crippen molar-refractivity contribution in [1.82, 2.24) is 10.0 Å². The quantitative estimate of drug-likeness (QED) is 0.617. The van der Waals surface area contributed by atoms with Crippen LogP contribution in [-0.2, 0) is 0 Å². The maximum Gasteiger partial charge on any atom is 0.0884 e. The molecule has 0 radical (unpaired) electrons. The van der Waals surface area contributed by atoms with Gasteiger partial charge < -0.3 is 5.73 Å². The Morgan fingerprint density at radius 2 is 2.18 bits per heavy atom. The minimum absolute atomic E-state index is 0.182. The Morgan fingerprint density at radius 1 is 1.55 bits per heavy atom. The van der Waals surface area contributed by atoms with E-state index in [1.807, 2.05) is 6.92 Å². The molecule has 1 rings (SSSR count). The first kappa shape index (κ1) is 8.97. The predicted molar refractivity (Wildman–Crippen MR) is 46.6 cm³/mol. The van der Waals surface area contributed by atoms with Crippen LogP contribution < -0.4 is 5.73 Å². The van der Waals surface area contributed by atoms with E-state index in [2.05, 4.69) is 23.9 Å². The summed E-state index contributed by atoms with van der Waals surface area (Å²) in [5.74, 6) is 0. The Morgan fingerprint density at radius 3 is 2.55 bits per heavy atom. The van der Waals surface area contributed by atoms with E-state index < -0.39 is 0 Å². The Balaban J connectivity index is 2.19. The van der Waals surface area contributed by atoms with Gasteiger partial charge in [0.05, 0.1) is 12.3 Å². The molecule has 1 saturated heterocycles. The largest absolute Gasteiger partial charge is 0.315 e. The fraction of sp³-hybridized carbons (Fsp3) is 1.00. The fourth-order valence-electron chi connectivity index (χ4n) is 1.53. The summed E-state index contributed by atoms with van der Waals surface area (Å²) in [4.78, 5) is 0. The van der Waals surface area contributed by atoms with Gasteiger partial charge in [0, 0.05) is 6.54 Å². The molecule has 3 heteroatoms. The molecule has 1 aliphatic heterocycles. The van der Waals surface area contributed by atoms with Crippen LogP contribution in [0, 0.1) is 0 Å². The van der Waals surface area contributed by atoms with Gasteiger partial charge in [0.25, 0.3) is 0 Å². The van der Waals surface area contributed by atoms with Crippen LogP contribution >= 0.6 is 0 Å². The third-order valence-corrected chi connectivity index (χ3v) is 2.21. The average molecular weight is 157 g/mol. The number of nitrogens with two attached hydrogens (primary N) is 1. The van der Waals surface area contributed by atoms with Crippen molar-refractivity contribution in [2.24, 2.45) is 5.73 Å². The lowest BCUT2D eigenvalue weighted by Gasteiger charge is -2.06. The number of hydrogen-bond acceptors (Lipinski definition) is 3. The summed E-state index contributed by atoms with van der Waals surface area (Å²) in [7, 11) is 0. The topological polar surface area (TPSA) is 32.0 Å². The molecule has 0 amide bonds. The number of nitrogens with zero attached hydrogens (tertiary/aromatic N) is 2. The molecule has 0 aliphatic carbocycles. The zero-order valence-corrected chi connectivity index (χ0v) is 7.75. The minimum Gasteiger partial charge on any atom is -0.315 e. The zero-order chi connectivity index (χ0) is 8.43. The van der Waals surface area contributed by atoms with E-state index in [1.165, 1.54) is 19.4 Å². The van der Waals surface area contributed by atoms with Gasteiger partial charge in [-0.25, -0.2) is 10.0 Å². The molecule has 4 atom stereocenters. The maximum atomic E-state index is 5.73. The van der Waals surface area contributed by atoms with Gasteiger partial charge in [0.1, 0.15) is 0 Å². The number of rotatable bonds is 4.